The van der Waals surface area contributed by atoms with Crippen LogP contribution in [0.3, 0.4) is 0 Å². The van der Waals surface area contributed by atoms with Crippen molar-refractivity contribution >= 4 is 22.3 Å². The second-order valence-corrected chi connectivity index (χ2v) is 6.91. The number of nitro benzene ring substituents is 1. The molecular weight excluding hydrogens is 346 g/mol. The molecule has 0 N–H and O–H groups in total. The number of para-hydroxylation sites is 1. The molecule has 0 saturated carbocycles. The molecule has 140 valence electrons. The monoisotopic (exact) mass is 367 g/mol. The van der Waals surface area contributed by atoms with Gasteiger partial charge in [-0.05, 0) is 19.9 Å². The molecule has 1 aliphatic heterocycles. The first-order valence-electron chi connectivity index (χ1n) is 8.95. The average molecular weight is 367 g/mol. The molecule has 1 fully saturated rings. The zero-order chi connectivity index (χ0) is 19.0. The summed E-state index contributed by atoms with van der Waals surface area (Å²) in [4.78, 5) is 20.0. The molecule has 0 atom stereocenters. The summed E-state index contributed by atoms with van der Waals surface area (Å²) in [5.41, 5.74) is 3.25. The number of anilines is 1. The second-order valence-electron chi connectivity index (χ2n) is 6.91. The van der Waals surface area contributed by atoms with Crippen molar-refractivity contribution in [3.8, 4) is 0 Å². The van der Waals surface area contributed by atoms with Crippen molar-refractivity contribution < 1.29 is 9.45 Å². The highest BCUT2D eigenvalue weighted by atomic mass is 16.6. The summed E-state index contributed by atoms with van der Waals surface area (Å²) in [6, 6.07) is 9.13. The van der Waals surface area contributed by atoms with Crippen LogP contribution in [0.2, 0.25) is 0 Å². The largest absolute Gasteiger partial charge is 0.368 e. The van der Waals surface area contributed by atoms with E-state index in [1.165, 1.54) is 6.07 Å². The van der Waals surface area contributed by atoms with Crippen LogP contribution in [0.15, 0.2) is 34.9 Å². The lowest BCUT2D eigenvalue weighted by atomic mass is 10.1. The van der Waals surface area contributed by atoms with E-state index < -0.39 is 0 Å². The minimum Gasteiger partial charge on any atom is -0.368 e. The molecule has 8 heteroatoms. The fraction of sp³-hybridized carbons (Fsp3) is 0.368. The second kappa shape index (κ2) is 6.96. The average Bonchev–Trinajstić information content (AvgIpc) is 3.06. The molecule has 1 saturated heterocycles. The number of hydrogen-bond acceptors (Lipinski definition) is 7. The van der Waals surface area contributed by atoms with Crippen LogP contribution in [0, 0.1) is 24.0 Å². The molecule has 0 spiro atoms. The van der Waals surface area contributed by atoms with Crippen molar-refractivity contribution in [3.05, 3.63) is 57.6 Å². The van der Waals surface area contributed by atoms with Crippen molar-refractivity contribution in [2.45, 2.75) is 20.4 Å². The minimum atomic E-state index is -0.365. The first-order valence-corrected chi connectivity index (χ1v) is 8.95. The zero-order valence-electron chi connectivity index (χ0n) is 15.4. The van der Waals surface area contributed by atoms with Crippen molar-refractivity contribution in [2.75, 3.05) is 31.1 Å². The van der Waals surface area contributed by atoms with Gasteiger partial charge in [-0.2, -0.15) is 0 Å². The van der Waals surface area contributed by atoms with Gasteiger partial charge in [-0.15, -0.1) is 0 Å². The summed E-state index contributed by atoms with van der Waals surface area (Å²) in [5, 5.41) is 16.3. The normalized spacial score (nSPS) is 15.4. The molecule has 0 aliphatic carbocycles. The molecule has 4 rings (SSSR count). The number of rotatable bonds is 4. The number of benzene rings is 1. The standard InChI is InChI=1S/C19H21N5O3/c1-13-10-18(16-4-3-5-17(24(25)26)19(16)20-13)23-8-6-22(7-9-23)12-15-11-14(2)27-21-15/h3-5,10-11H,6-9,12H2,1-2H3. The Morgan fingerprint density at radius 3 is 2.63 bits per heavy atom. The topological polar surface area (TPSA) is 88.5 Å². The molecule has 0 bridgehead atoms. The number of aromatic nitrogens is 2. The quantitative estimate of drug-likeness (QED) is 0.517. The lowest BCUT2D eigenvalue weighted by molar-refractivity contribution is -0.383. The highest BCUT2D eigenvalue weighted by molar-refractivity contribution is 5.97. The maximum Gasteiger partial charge on any atom is 0.295 e. The van der Waals surface area contributed by atoms with Crippen LogP contribution >= 0.6 is 0 Å². The summed E-state index contributed by atoms with van der Waals surface area (Å²) in [6.45, 7) is 8.02. The van der Waals surface area contributed by atoms with Gasteiger partial charge in [0.25, 0.3) is 5.69 Å². The number of pyridine rings is 1. The Bertz CT molecular complexity index is 992. The van der Waals surface area contributed by atoms with E-state index in [2.05, 4.69) is 19.9 Å². The van der Waals surface area contributed by atoms with Crippen LogP contribution < -0.4 is 4.90 Å². The lowest BCUT2D eigenvalue weighted by Gasteiger charge is -2.36. The Labute approximate surface area is 156 Å². The summed E-state index contributed by atoms with van der Waals surface area (Å²) in [7, 11) is 0. The van der Waals surface area contributed by atoms with Gasteiger partial charge >= 0.3 is 0 Å². The first-order chi connectivity index (χ1) is 13.0. The number of non-ortho nitro benzene ring substituents is 1. The van der Waals surface area contributed by atoms with E-state index in [-0.39, 0.29) is 10.6 Å². The third kappa shape index (κ3) is 3.48. The van der Waals surface area contributed by atoms with Crippen LogP contribution in [-0.2, 0) is 6.54 Å². The molecule has 1 aliphatic rings. The van der Waals surface area contributed by atoms with Gasteiger partial charge in [0.2, 0.25) is 0 Å². The molecule has 3 heterocycles. The number of fused-ring (bicyclic) bond motifs is 1. The van der Waals surface area contributed by atoms with Crippen LogP contribution in [0.4, 0.5) is 11.4 Å². The van der Waals surface area contributed by atoms with Crippen molar-refractivity contribution in [1.29, 1.82) is 0 Å². The molecule has 3 aromatic rings. The Morgan fingerprint density at radius 1 is 1.19 bits per heavy atom. The van der Waals surface area contributed by atoms with E-state index in [1.54, 1.807) is 6.07 Å². The number of aryl methyl sites for hydroxylation is 2. The van der Waals surface area contributed by atoms with E-state index >= 15 is 0 Å². The number of hydrogen-bond donors (Lipinski definition) is 0. The Hall–Kier alpha value is -3.00. The number of nitrogens with zero attached hydrogens (tertiary/aromatic N) is 5. The third-order valence-electron chi connectivity index (χ3n) is 4.90. The Kier molecular flexibility index (Phi) is 4.49. The van der Waals surface area contributed by atoms with E-state index in [0.717, 1.165) is 60.9 Å². The highest BCUT2D eigenvalue weighted by Gasteiger charge is 2.22. The maximum atomic E-state index is 11.4. The van der Waals surface area contributed by atoms with Gasteiger partial charge in [0.05, 0.1) is 10.6 Å². The van der Waals surface area contributed by atoms with Crippen LogP contribution in [-0.4, -0.2) is 46.1 Å². The minimum absolute atomic E-state index is 0.0532. The van der Waals surface area contributed by atoms with E-state index in [4.69, 9.17) is 4.52 Å². The summed E-state index contributed by atoms with van der Waals surface area (Å²) in [5.74, 6) is 0.823. The summed E-state index contributed by atoms with van der Waals surface area (Å²) in [6.07, 6.45) is 0. The molecule has 0 radical (unpaired) electrons. The molecule has 27 heavy (non-hydrogen) atoms. The van der Waals surface area contributed by atoms with E-state index in [9.17, 15) is 10.1 Å². The van der Waals surface area contributed by atoms with E-state index in [1.807, 2.05) is 32.0 Å². The van der Waals surface area contributed by atoms with Crippen LogP contribution in [0.1, 0.15) is 17.1 Å². The molecule has 0 amide bonds. The van der Waals surface area contributed by atoms with E-state index in [0.29, 0.717) is 5.52 Å². The predicted octanol–water partition coefficient (Wildman–Crippen LogP) is 3.07. The van der Waals surface area contributed by atoms with Crippen molar-refractivity contribution in [3.63, 3.8) is 0 Å². The van der Waals surface area contributed by atoms with Gasteiger partial charge in [-0.25, -0.2) is 4.98 Å². The van der Waals surface area contributed by atoms with Crippen molar-refractivity contribution in [1.82, 2.24) is 15.0 Å². The van der Waals surface area contributed by atoms with Gasteiger partial charge in [-0.1, -0.05) is 17.3 Å². The SMILES string of the molecule is Cc1cc(N2CCN(Cc3cc(C)on3)CC2)c2cccc([N+](=O)[O-])c2n1. The molecule has 2 aromatic heterocycles. The maximum absolute atomic E-state index is 11.4. The van der Waals surface area contributed by atoms with Gasteiger partial charge in [0, 0.05) is 61.6 Å². The molecule has 1 aromatic carbocycles. The lowest BCUT2D eigenvalue weighted by Crippen LogP contribution is -2.46. The predicted molar refractivity (Wildman–Crippen MR) is 102 cm³/mol. The first kappa shape index (κ1) is 17.4. The summed E-state index contributed by atoms with van der Waals surface area (Å²) < 4.78 is 5.14. The van der Waals surface area contributed by atoms with Gasteiger partial charge < -0.3 is 9.42 Å². The number of piperazine rings is 1. The van der Waals surface area contributed by atoms with Gasteiger partial charge in [0.1, 0.15) is 5.76 Å². The fourth-order valence-corrected chi connectivity index (χ4v) is 3.62. The molecule has 0 unspecified atom stereocenters. The fourth-order valence-electron chi connectivity index (χ4n) is 3.62. The van der Waals surface area contributed by atoms with Gasteiger partial charge in [0.15, 0.2) is 5.52 Å². The van der Waals surface area contributed by atoms with Crippen LogP contribution in [0.5, 0.6) is 0 Å². The smallest absolute Gasteiger partial charge is 0.295 e. The molecular formula is C19H21N5O3. The van der Waals surface area contributed by atoms with Crippen molar-refractivity contribution in [2.24, 2.45) is 0 Å². The Morgan fingerprint density at radius 2 is 1.96 bits per heavy atom. The van der Waals surface area contributed by atoms with Gasteiger partial charge in [-0.3, -0.25) is 15.0 Å². The highest BCUT2D eigenvalue weighted by Crippen LogP contribution is 2.32. The third-order valence-corrected chi connectivity index (χ3v) is 4.90. The number of nitro groups is 1. The Balaban J connectivity index is 1.57. The molecule has 8 nitrogen and oxygen atoms in total. The summed E-state index contributed by atoms with van der Waals surface area (Å²) >= 11 is 0. The van der Waals surface area contributed by atoms with Crippen LogP contribution in [0.25, 0.3) is 10.9 Å². The zero-order valence-corrected chi connectivity index (χ0v) is 15.4.